The van der Waals surface area contributed by atoms with Crippen LogP contribution in [0.2, 0.25) is 0 Å². The van der Waals surface area contributed by atoms with Gasteiger partial charge in [-0.1, -0.05) is 25.7 Å². The van der Waals surface area contributed by atoms with Crippen molar-refractivity contribution in [3.63, 3.8) is 0 Å². The van der Waals surface area contributed by atoms with Crippen LogP contribution in [0.3, 0.4) is 0 Å². The van der Waals surface area contributed by atoms with Crippen molar-refractivity contribution in [3.05, 3.63) is 27.7 Å². The van der Waals surface area contributed by atoms with Crippen LogP contribution in [0.25, 0.3) is 0 Å². The summed E-state index contributed by atoms with van der Waals surface area (Å²) in [5, 5.41) is 11.3. The molecule has 1 saturated heterocycles. The SMILES string of the molecule is COc1cc(C(=O)N2CCC(c3nnc(CC4CCCC4)s3)CC2)cc(OC)c1OC. The number of hydrogen-bond donors (Lipinski definition) is 0. The second-order valence-corrected chi connectivity index (χ2v) is 9.46. The van der Waals surface area contributed by atoms with Gasteiger partial charge in [-0.15, -0.1) is 21.5 Å². The van der Waals surface area contributed by atoms with Crippen LogP contribution < -0.4 is 14.2 Å². The first-order chi connectivity index (χ1) is 15.1. The summed E-state index contributed by atoms with van der Waals surface area (Å²) in [5.74, 6) is 2.63. The Balaban J connectivity index is 1.38. The zero-order valence-electron chi connectivity index (χ0n) is 18.6. The van der Waals surface area contributed by atoms with Crippen LogP contribution in [-0.2, 0) is 6.42 Å². The Bertz CT molecular complexity index is 877. The van der Waals surface area contributed by atoms with E-state index >= 15 is 0 Å². The first-order valence-electron chi connectivity index (χ1n) is 11.0. The zero-order chi connectivity index (χ0) is 21.8. The minimum absolute atomic E-state index is 0.0168. The molecule has 1 saturated carbocycles. The lowest BCUT2D eigenvalue weighted by molar-refractivity contribution is 0.0712. The Labute approximate surface area is 187 Å². The second kappa shape index (κ2) is 9.85. The lowest BCUT2D eigenvalue weighted by Gasteiger charge is -2.31. The van der Waals surface area contributed by atoms with Gasteiger partial charge in [0.1, 0.15) is 10.0 Å². The van der Waals surface area contributed by atoms with Crippen LogP contribution >= 0.6 is 11.3 Å². The van der Waals surface area contributed by atoms with Gasteiger partial charge in [0.15, 0.2) is 11.5 Å². The van der Waals surface area contributed by atoms with E-state index in [1.165, 1.54) is 30.7 Å². The van der Waals surface area contributed by atoms with Crippen LogP contribution in [0.1, 0.15) is 64.8 Å². The lowest BCUT2D eigenvalue weighted by atomic mass is 9.97. The fraction of sp³-hybridized carbons (Fsp3) is 0.609. The normalized spacial score (nSPS) is 17.7. The summed E-state index contributed by atoms with van der Waals surface area (Å²) in [4.78, 5) is 15.0. The fourth-order valence-corrected chi connectivity index (χ4v) is 5.82. The summed E-state index contributed by atoms with van der Waals surface area (Å²) in [7, 11) is 4.67. The molecule has 1 aromatic heterocycles. The summed E-state index contributed by atoms with van der Waals surface area (Å²) in [6.07, 6.45) is 8.27. The molecule has 168 valence electrons. The Morgan fingerprint density at radius 3 is 2.23 bits per heavy atom. The number of methoxy groups -OCH3 is 3. The number of nitrogens with zero attached hydrogens (tertiary/aromatic N) is 3. The maximum absolute atomic E-state index is 13.1. The Hall–Kier alpha value is -2.35. The first-order valence-corrected chi connectivity index (χ1v) is 11.9. The van der Waals surface area contributed by atoms with E-state index in [-0.39, 0.29) is 5.91 Å². The van der Waals surface area contributed by atoms with Gasteiger partial charge in [-0.05, 0) is 30.9 Å². The van der Waals surface area contributed by atoms with Crippen LogP contribution in [-0.4, -0.2) is 55.4 Å². The Kier molecular flexibility index (Phi) is 6.95. The quantitative estimate of drug-likeness (QED) is 0.632. The summed E-state index contributed by atoms with van der Waals surface area (Å²) in [6, 6.07) is 3.44. The molecule has 1 aliphatic carbocycles. The molecule has 0 atom stereocenters. The standard InChI is InChI=1S/C23H31N3O4S/c1-28-18-13-17(14-19(29-2)21(18)30-3)23(27)26-10-8-16(9-11-26)22-25-24-20(31-22)12-15-6-4-5-7-15/h13-16H,4-12H2,1-3H3. The molecule has 0 bridgehead atoms. The van der Waals surface area contributed by atoms with E-state index in [0.29, 0.717) is 41.8 Å². The predicted octanol–water partition coefficient (Wildman–Crippen LogP) is 4.32. The third-order valence-corrected chi connectivity index (χ3v) is 7.57. The maximum atomic E-state index is 13.1. The molecule has 1 aliphatic heterocycles. The number of piperidine rings is 1. The molecule has 4 rings (SSSR count). The van der Waals surface area contributed by atoms with E-state index in [1.807, 2.05) is 4.90 Å². The van der Waals surface area contributed by atoms with E-state index in [1.54, 1.807) is 44.8 Å². The fourth-order valence-electron chi connectivity index (χ4n) is 4.69. The smallest absolute Gasteiger partial charge is 0.254 e. The molecule has 0 radical (unpaired) electrons. The van der Waals surface area contributed by atoms with Crippen molar-refractivity contribution < 1.29 is 19.0 Å². The van der Waals surface area contributed by atoms with Crippen molar-refractivity contribution in [1.29, 1.82) is 0 Å². The molecule has 0 spiro atoms. The van der Waals surface area contributed by atoms with E-state index in [9.17, 15) is 4.79 Å². The van der Waals surface area contributed by atoms with Gasteiger partial charge in [0, 0.05) is 31.0 Å². The molecule has 0 N–H and O–H groups in total. The number of carbonyl (C=O) groups is 1. The highest BCUT2D eigenvalue weighted by molar-refractivity contribution is 7.11. The molecule has 1 aromatic carbocycles. The number of rotatable bonds is 7. The Morgan fingerprint density at radius 1 is 1.00 bits per heavy atom. The molecular weight excluding hydrogens is 414 g/mol. The molecule has 2 aromatic rings. The number of likely N-dealkylation sites (tertiary alicyclic amines) is 1. The van der Waals surface area contributed by atoms with Crippen molar-refractivity contribution in [2.45, 2.75) is 50.9 Å². The summed E-state index contributed by atoms with van der Waals surface area (Å²) < 4.78 is 16.1. The Morgan fingerprint density at radius 2 is 1.65 bits per heavy atom. The van der Waals surface area contributed by atoms with E-state index in [4.69, 9.17) is 14.2 Å². The highest BCUT2D eigenvalue weighted by Crippen LogP contribution is 2.39. The average Bonchev–Trinajstić information content (AvgIpc) is 3.50. The molecule has 1 amide bonds. The molecule has 2 aliphatic rings. The van der Waals surface area contributed by atoms with Crippen LogP contribution in [0.5, 0.6) is 17.2 Å². The molecule has 2 fully saturated rings. The number of hydrogen-bond acceptors (Lipinski definition) is 7. The minimum atomic E-state index is -0.0168. The summed E-state index contributed by atoms with van der Waals surface area (Å²) in [6.45, 7) is 1.41. The van der Waals surface area contributed by atoms with E-state index in [0.717, 1.165) is 30.2 Å². The van der Waals surface area contributed by atoms with Crippen molar-refractivity contribution in [2.75, 3.05) is 34.4 Å². The molecule has 0 unspecified atom stereocenters. The minimum Gasteiger partial charge on any atom is -0.493 e. The van der Waals surface area contributed by atoms with Crippen LogP contribution in [0, 0.1) is 5.92 Å². The van der Waals surface area contributed by atoms with E-state index < -0.39 is 0 Å². The number of aromatic nitrogens is 2. The first kappa shape index (κ1) is 21.9. The topological polar surface area (TPSA) is 73.8 Å². The van der Waals surface area contributed by atoms with Crippen LogP contribution in [0.15, 0.2) is 12.1 Å². The average molecular weight is 446 g/mol. The molecule has 31 heavy (non-hydrogen) atoms. The molecule has 2 heterocycles. The summed E-state index contributed by atoms with van der Waals surface area (Å²) >= 11 is 1.77. The number of benzene rings is 1. The summed E-state index contributed by atoms with van der Waals surface area (Å²) in [5.41, 5.74) is 0.544. The third kappa shape index (κ3) is 4.79. The number of carbonyl (C=O) groups excluding carboxylic acids is 1. The molecular formula is C23H31N3O4S. The maximum Gasteiger partial charge on any atom is 0.254 e. The van der Waals surface area contributed by atoms with Gasteiger partial charge < -0.3 is 19.1 Å². The zero-order valence-corrected chi connectivity index (χ0v) is 19.4. The van der Waals surface area contributed by atoms with Gasteiger partial charge in [0.2, 0.25) is 5.75 Å². The monoisotopic (exact) mass is 445 g/mol. The van der Waals surface area contributed by atoms with Crippen molar-refractivity contribution in [1.82, 2.24) is 15.1 Å². The largest absolute Gasteiger partial charge is 0.493 e. The van der Waals surface area contributed by atoms with Gasteiger partial charge in [-0.2, -0.15) is 0 Å². The number of amides is 1. The molecule has 7 nitrogen and oxygen atoms in total. The molecule has 8 heteroatoms. The van der Waals surface area contributed by atoms with E-state index in [2.05, 4.69) is 10.2 Å². The third-order valence-electron chi connectivity index (χ3n) is 6.46. The predicted molar refractivity (Wildman–Crippen MR) is 120 cm³/mol. The number of ether oxygens (including phenoxy) is 3. The van der Waals surface area contributed by atoms with Gasteiger partial charge in [-0.25, -0.2) is 0 Å². The van der Waals surface area contributed by atoms with Crippen molar-refractivity contribution in [2.24, 2.45) is 5.92 Å². The van der Waals surface area contributed by atoms with Gasteiger partial charge >= 0.3 is 0 Å². The van der Waals surface area contributed by atoms with Crippen molar-refractivity contribution >= 4 is 17.2 Å². The van der Waals surface area contributed by atoms with Gasteiger partial charge in [0.05, 0.1) is 21.3 Å². The highest BCUT2D eigenvalue weighted by atomic mass is 32.1. The second-order valence-electron chi connectivity index (χ2n) is 8.37. The van der Waals surface area contributed by atoms with Gasteiger partial charge in [0.25, 0.3) is 5.91 Å². The van der Waals surface area contributed by atoms with Gasteiger partial charge in [-0.3, -0.25) is 4.79 Å². The highest BCUT2D eigenvalue weighted by Gasteiger charge is 2.28. The van der Waals surface area contributed by atoms with Crippen molar-refractivity contribution in [3.8, 4) is 17.2 Å². The lowest BCUT2D eigenvalue weighted by Crippen LogP contribution is -2.37. The van der Waals surface area contributed by atoms with Crippen LogP contribution in [0.4, 0.5) is 0 Å².